The van der Waals surface area contributed by atoms with Crippen LogP contribution in [0, 0.1) is 6.92 Å². The van der Waals surface area contributed by atoms with Crippen LogP contribution in [0.4, 0.5) is 5.82 Å². The van der Waals surface area contributed by atoms with Crippen LogP contribution in [-0.4, -0.2) is 29.7 Å². The van der Waals surface area contributed by atoms with E-state index in [1.165, 1.54) is 0 Å². The summed E-state index contributed by atoms with van der Waals surface area (Å²) < 4.78 is 6.36. The van der Waals surface area contributed by atoms with Crippen LogP contribution in [0.25, 0.3) is 0 Å². The molecule has 0 spiro atoms. The van der Waals surface area contributed by atoms with Crippen LogP contribution in [0.5, 0.6) is 0 Å². The van der Waals surface area contributed by atoms with Crippen molar-refractivity contribution in [3.05, 3.63) is 16.0 Å². The zero-order valence-corrected chi connectivity index (χ0v) is 11.9. The summed E-state index contributed by atoms with van der Waals surface area (Å²) in [5, 5.41) is 3.33. The van der Waals surface area contributed by atoms with E-state index >= 15 is 0 Å². The molecule has 0 saturated carbocycles. The molecule has 1 unspecified atom stereocenters. The topological polar surface area (TPSA) is 47.0 Å². The number of nitrogens with one attached hydrogen (secondary N) is 1. The fourth-order valence-corrected chi connectivity index (χ4v) is 2.18. The maximum absolute atomic E-state index is 5.39. The highest BCUT2D eigenvalue weighted by Crippen LogP contribution is 2.28. The van der Waals surface area contributed by atoms with Gasteiger partial charge in [0.15, 0.2) is 0 Å². The Morgan fingerprint density at radius 2 is 2.29 bits per heavy atom. The standard InChI is InChI=1S/C12H18BrN3O/c1-3-5-14-12-10(13)8(2)15-11(16-12)9-4-6-17-7-9/h9H,3-7H2,1-2H3,(H,14,15,16). The van der Waals surface area contributed by atoms with Crippen molar-refractivity contribution in [2.45, 2.75) is 32.6 Å². The Morgan fingerprint density at radius 3 is 2.94 bits per heavy atom. The second-order valence-electron chi connectivity index (χ2n) is 4.32. The van der Waals surface area contributed by atoms with E-state index in [0.29, 0.717) is 5.92 Å². The van der Waals surface area contributed by atoms with Gasteiger partial charge in [0.1, 0.15) is 11.6 Å². The molecule has 0 amide bonds. The predicted octanol–water partition coefficient (Wildman–Crippen LogP) is 2.87. The summed E-state index contributed by atoms with van der Waals surface area (Å²) >= 11 is 3.53. The largest absolute Gasteiger partial charge is 0.381 e. The molecule has 94 valence electrons. The number of aryl methyl sites for hydroxylation is 1. The van der Waals surface area contributed by atoms with Gasteiger partial charge in [0.2, 0.25) is 0 Å². The zero-order valence-electron chi connectivity index (χ0n) is 10.3. The number of aromatic nitrogens is 2. The molecule has 1 aliphatic heterocycles. The molecule has 2 heterocycles. The SMILES string of the molecule is CCCNc1nc(C2CCOC2)nc(C)c1Br. The van der Waals surface area contributed by atoms with E-state index in [9.17, 15) is 0 Å². The first-order valence-electron chi connectivity index (χ1n) is 6.08. The van der Waals surface area contributed by atoms with Crippen LogP contribution in [-0.2, 0) is 4.74 Å². The van der Waals surface area contributed by atoms with E-state index in [2.05, 4.69) is 38.1 Å². The highest BCUT2D eigenvalue weighted by Gasteiger charge is 2.22. The van der Waals surface area contributed by atoms with Gasteiger partial charge in [0.25, 0.3) is 0 Å². The molecule has 1 fully saturated rings. The third-order valence-electron chi connectivity index (χ3n) is 2.87. The number of halogens is 1. The summed E-state index contributed by atoms with van der Waals surface area (Å²) in [4.78, 5) is 9.15. The van der Waals surface area contributed by atoms with Crippen molar-refractivity contribution in [1.82, 2.24) is 9.97 Å². The average molecular weight is 300 g/mol. The first kappa shape index (κ1) is 12.8. The summed E-state index contributed by atoms with van der Waals surface area (Å²) in [6, 6.07) is 0. The van der Waals surface area contributed by atoms with Crippen LogP contribution in [0.3, 0.4) is 0 Å². The molecular weight excluding hydrogens is 282 g/mol. The highest BCUT2D eigenvalue weighted by molar-refractivity contribution is 9.10. The maximum Gasteiger partial charge on any atom is 0.144 e. The van der Waals surface area contributed by atoms with E-state index in [1.54, 1.807) is 0 Å². The lowest BCUT2D eigenvalue weighted by molar-refractivity contribution is 0.193. The lowest BCUT2D eigenvalue weighted by Gasteiger charge is -2.13. The Kier molecular flexibility index (Phi) is 4.34. The van der Waals surface area contributed by atoms with Gasteiger partial charge in [-0.2, -0.15) is 0 Å². The molecular formula is C12H18BrN3O. The lowest BCUT2D eigenvalue weighted by Crippen LogP contribution is -2.11. The minimum atomic E-state index is 0.351. The molecule has 1 N–H and O–H groups in total. The molecule has 1 aromatic heterocycles. The van der Waals surface area contributed by atoms with Crippen molar-refractivity contribution in [2.75, 3.05) is 25.1 Å². The summed E-state index contributed by atoms with van der Waals surface area (Å²) in [6.07, 6.45) is 2.10. The van der Waals surface area contributed by atoms with Gasteiger partial charge in [0.05, 0.1) is 16.8 Å². The van der Waals surface area contributed by atoms with Gasteiger partial charge in [-0.1, -0.05) is 6.92 Å². The Balaban J connectivity index is 2.24. The van der Waals surface area contributed by atoms with Gasteiger partial charge in [-0.15, -0.1) is 0 Å². The van der Waals surface area contributed by atoms with Crippen molar-refractivity contribution < 1.29 is 4.74 Å². The Hall–Kier alpha value is -0.680. The van der Waals surface area contributed by atoms with Crippen LogP contribution < -0.4 is 5.32 Å². The molecule has 1 aromatic rings. The fourth-order valence-electron chi connectivity index (χ4n) is 1.86. The average Bonchev–Trinajstić information content (AvgIpc) is 2.84. The van der Waals surface area contributed by atoms with Gasteiger partial charge < -0.3 is 10.1 Å². The molecule has 0 bridgehead atoms. The second kappa shape index (κ2) is 5.78. The summed E-state index contributed by atoms with van der Waals surface area (Å²) in [5.74, 6) is 2.16. The van der Waals surface area contributed by atoms with Gasteiger partial charge in [-0.25, -0.2) is 9.97 Å². The zero-order chi connectivity index (χ0) is 12.3. The van der Waals surface area contributed by atoms with Crippen molar-refractivity contribution in [1.29, 1.82) is 0 Å². The number of nitrogens with zero attached hydrogens (tertiary/aromatic N) is 2. The highest BCUT2D eigenvalue weighted by atomic mass is 79.9. The second-order valence-corrected chi connectivity index (χ2v) is 5.11. The summed E-state index contributed by atoms with van der Waals surface area (Å²) in [7, 11) is 0. The lowest BCUT2D eigenvalue weighted by atomic mass is 10.1. The number of anilines is 1. The van der Waals surface area contributed by atoms with E-state index in [4.69, 9.17) is 4.74 Å². The van der Waals surface area contributed by atoms with Crippen molar-refractivity contribution in [3.63, 3.8) is 0 Å². The van der Waals surface area contributed by atoms with Crippen LogP contribution in [0.15, 0.2) is 4.47 Å². The fraction of sp³-hybridized carbons (Fsp3) is 0.667. The molecule has 1 aliphatic rings. The smallest absolute Gasteiger partial charge is 0.144 e. The number of hydrogen-bond acceptors (Lipinski definition) is 4. The molecule has 0 aromatic carbocycles. The Morgan fingerprint density at radius 1 is 1.47 bits per heavy atom. The van der Waals surface area contributed by atoms with Crippen molar-refractivity contribution in [2.24, 2.45) is 0 Å². The summed E-state index contributed by atoms with van der Waals surface area (Å²) in [6.45, 7) is 6.63. The summed E-state index contributed by atoms with van der Waals surface area (Å²) in [5.41, 5.74) is 0.987. The maximum atomic E-state index is 5.39. The molecule has 0 aliphatic carbocycles. The van der Waals surface area contributed by atoms with Crippen LogP contribution in [0.2, 0.25) is 0 Å². The number of rotatable bonds is 4. The third-order valence-corrected chi connectivity index (χ3v) is 3.82. The third kappa shape index (κ3) is 2.96. The number of ether oxygens (including phenoxy) is 1. The van der Waals surface area contributed by atoms with Gasteiger partial charge >= 0.3 is 0 Å². The molecule has 2 rings (SSSR count). The first-order chi connectivity index (χ1) is 8.22. The molecule has 4 nitrogen and oxygen atoms in total. The molecule has 0 radical (unpaired) electrons. The van der Waals surface area contributed by atoms with E-state index < -0.39 is 0 Å². The first-order valence-corrected chi connectivity index (χ1v) is 6.87. The Bertz CT molecular complexity index is 392. The minimum absolute atomic E-state index is 0.351. The van der Waals surface area contributed by atoms with Crippen LogP contribution >= 0.6 is 15.9 Å². The Labute approximate surface area is 110 Å². The van der Waals surface area contributed by atoms with E-state index in [-0.39, 0.29) is 0 Å². The quantitative estimate of drug-likeness (QED) is 0.929. The number of hydrogen-bond donors (Lipinski definition) is 1. The predicted molar refractivity (Wildman–Crippen MR) is 71.4 cm³/mol. The monoisotopic (exact) mass is 299 g/mol. The van der Waals surface area contributed by atoms with E-state index in [0.717, 1.165) is 54.4 Å². The normalized spacial score (nSPS) is 19.6. The molecule has 17 heavy (non-hydrogen) atoms. The minimum Gasteiger partial charge on any atom is -0.381 e. The van der Waals surface area contributed by atoms with Gasteiger partial charge in [-0.3, -0.25) is 0 Å². The van der Waals surface area contributed by atoms with Gasteiger partial charge in [0, 0.05) is 19.1 Å². The van der Waals surface area contributed by atoms with Crippen molar-refractivity contribution in [3.8, 4) is 0 Å². The molecule has 1 atom stereocenters. The van der Waals surface area contributed by atoms with Crippen molar-refractivity contribution >= 4 is 21.7 Å². The van der Waals surface area contributed by atoms with Crippen LogP contribution in [0.1, 0.15) is 37.2 Å². The molecule has 5 heteroatoms. The molecule has 1 saturated heterocycles. The van der Waals surface area contributed by atoms with Gasteiger partial charge in [-0.05, 0) is 35.7 Å². The van der Waals surface area contributed by atoms with E-state index in [1.807, 2.05) is 6.92 Å².